The van der Waals surface area contributed by atoms with Gasteiger partial charge in [0.1, 0.15) is 5.69 Å². The molecule has 2 N–H and O–H groups in total. The Morgan fingerprint density at radius 3 is 2.62 bits per heavy atom. The number of rotatable bonds is 5. The highest BCUT2D eigenvalue weighted by atomic mass is 19.1. The Bertz CT molecular complexity index is 1370. The number of nitrogens with one attached hydrogen (secondary N) is 2. The van der Waals surface area contributed by atoms with E-state index in [0.717, 1.165) is 4.57 Å². The lowest BCUT2D eigenvalue weighted by molar-refractivity contribution is 0.0957. The molecule has 1 unspecified atom stereocenters. The third-order valence-corrected chi connectivity index (χ3v) is 6.19. The van der Waals surface area contributed by atoms with Crippen LogP contribution in [0, 0.1) is 11.8 Å². The second-order valence-corrected chi connectivity index (χ2v) is 8.30. The molecule has 180 valence electrons. The van der Waals surface area contributed by atoms with Gasteiger partial charge in [-0.25, -0.2) is 14.2 Å². The highest BCUT2D eigenvalue weighted by Crippen LogP contribution is 2.25. The van der Waals surface area contributed by atoms with Gasteiger partial charge in [0.2, 0.25) is 5.95 Å². The van der Waals surface area contributed by atoms with Gasteiger partial charge in [-0.1, -0.05) is 6.07 Å². The first-order valence-corrected chi connectivity index (χ1v) is 11.1. The number of nitrogens with zero attached hydrogens (tertiary/aromatic N) is 4. The fraction of sp³-hybridized carbons (Fsp3) is 0.391. The molecule has 0 saturated carbocycles. The van der Waals surface area contributed by atoms with Gasteiger partial charge in [0.15, 0.2) is 5.82 Å². The Balaban J connectivity index is 1.52. The Kier molecular flexibility index (Phi) is 6.47. The summed E-state index contributed by atoms with van der Waals surface area (Å²) in [5.41, 5.74) is -0.580. The molecule has 0 bridgehead atoms. The van der Waals surface area contributed by atoms with E-state index in [1.54, 1.807) is 19.1 Å². The fourth-order valence-electron chi connectivity index (χ4n) is 4.41. The second kappa shape index (κ2) is 9.34. The summed E-state index contributed by atoms with van der Waals surface area (Å²) in [4.78, 5) is 46.4. The zero-order valence-electron chi connectivity index (χ0n) is 19.2. The van der Waals surface area contributed by atoms with Crippen LogP contribution in [0.15, 0.2) is 33.9 Å². The zero-order chi connectivity index (χ0) is 24.6. The monoisotopic (exact) mass is 472 g/mol. The molecule has 3 aromatic rings. The van der Waals surface area contributed by atoms with Crippen LogP contribution in [0.2, 0.25) is 0 Å². The molecule has 0 radical (unpaired) electrons. The summed E-state index contributed by atoms with van der Waals surface area (Å²) >= 11 is 0. The maximum Gasteiger partial charge on any atom is 0.328 e. The Morgan fingerprint density at radius 1 is 1.21 bits per heavy atom. The molecular formula is C23H26F2N6O3. The SMILES string of the molecule is CCn1c(=O)[nH]c2c(F)c(CN3CCN(c4ccc(C(=O)NC)nc4F)C(C)C3)ccc2c1=O. The van der Waals surface area contributed by atoms with Crippen LogP contribution in [0.25, 0.3) is 10.9 Å². The largest absolute Gasteiger partial charge is 0.363 e. The second-order valence-electron chi connectivity index (χ2n) is 8.30. The van der Waals surface area contributed by atoms with Crippen molar-refractivity contribution in [2.24, 2.45) is 0 Å². The van der Waals surface area contributed by atoms with Gasteiger partial charge in [0.05, 0.1) is 16.6 Å². The van der Waals surface area contributed by atoms with Gasteiger partial charge >= 0.3 is 5.69 Å². The number of aromatic nitrogens is 3. The molecule has 4 rings (SSSR count). The van der Waals surface area contributed by atoms with Crippen LogP contribution in [0.5, 0.6) is 0 Å². The molecule has 1 aliphatic heterocycles. The van der Waals surface area contributed by atoms with Gasteiger partial charge in [-0.15, -0.1) is 0 Å². The molecule has 1 aliphatic rings. The van der Waals surface area contributed by atoms with Gasteiger partial charge in [-0.3, -0.25) is 19.1 Å². The van der Waals surface area contributed by atoms with E-state index in [1.165, 1.54) is 19.2 Å². The maximum atomic E-state index is 15.2. The summed E-state index contributed by atoms with van der Waals surface area (Å²) in [7, 11) is 1.45. The number of piperazine rings is 1. The van der Waals surface area contributed by atoms with Crippen LogP contribution in [0.1, 0.15) is 29.9 Å². The minimum absolute atomic E-state index is 0.00514. The molecule has 1 amide bonds. The average Bonchev–Trinajstić information content (AvgIpc) is 2.81. The maximum absolute atomic E-state index is 15.2. The molecule has 1 fully saturated rings. The first-order chi connectivity index (χ1) is 16.2. The predicted molar refractivity (Wildman–Crippen MR) is 124 cm³/mol. The molecule has 1 aromatic carbocycles. The number of fused-ring (bicyclic) bond motifs is 1. The van der Waals surface area contributed by atoms with Gasteiger partial charge in [-0.05, 0) is 32.0 Å². The summed E-state index contributed by atoms with van der Waals surface area (Å²) in [6.07, 6.45) is 0. The molecule has 2 aromatic heterocycles. The molecule has 9 nitrogen and oxygen atoms in total. The number of H-pyrrole nitrogens is 1. The first-order valence-electron chi connectivity index (χ1n) is 11.1. The van der Waals surface area contributed by atoms with E-state index in [-0.39, 0.29) is 35.7 Å². The third kappa shape index (κ3) is 4.18. The van der Waals surface area contributed by atoms with Crippen LogP contribution < -0.4 is 21.5 Å². The van der Waals surface area contributed by atoms with Crippen molar-refractivity contribution in [1.29, 1.82) is 0 Å². The highest BCUT2D eigenvalue weighted by Gasteiger charge is 2.27. The number of pyridine rings is 1. The summed E-state index contributed by atoms with van der Waals surface area (Å²) in [5, 5.41) is 2.54. The summed E-state index contributed by atoms with van der Waals surface area (Å²) in [6, 6.07) is 6.02. The number of hydrogen-bond acceptors (Lipinski definition) is 6. The number of anilines is 1. The molecule has 34 heavy (non-hydrogen) atoms. The first kappa shape index (κ1) is 23.6. The predicted octanol–water partition coefficient (Wildman–Crippen LogP) is 1.45. The number of carbonyl (C=O) groups excluding carboxylic acids is 1. The lowest BCUT2D eigenvalue weighted by atomic mass is 10.1. The standard InChI is InChI=1S/C23H26F2N6O3/c1-4-30-22(33)15-6-5-14(18(24)19(15)28-23(30)34)12-29-9-10-31(13(2)11-29)17-8-7-16(21(32)26-3)27-20(17)25/h5-8,13H,4,9-12H2,1-3H3,(H,26,32)(H,28,34). The number of aromatic amines is 1. The molecule has 11 heteroatoms. The van der Waals surface area contributed by atoms with Crippen LogP contribution in [0.3, 0.4) is 0 Å². The van der Waals surface area contributed by atoms with E-state index >= 15 is 4.39 Å². The fourth-order valence-corrected chi connectivity index (χ4v) is 4.41. The molecular weight excluding hydrogens is 446 g/mol. The molecule has 1 atom stereocenters. The van der Waals surface area contributed by atoms with Crippen molar-refractivity contribution >= 4 is 22.5 Å². The minimum Gasteiger partial charge on any atom is -0.363 e. The third-order valence-electron chi connectivity index (χ3n) is 6.19. The van der Waals surface area contributed by atoms with E-state index in [0.29, 0.717) is 30.9 Å². The van der Waals surface area contributed by atoms with Crippen LogP contribution in [-0.2, 0) is 13.1 Å². The average molecular weight is 472 g/mol. The normalized spacial score (nSPS) is 16.7. The van der Waals surface area contributed by atoms with E-state index < -0.39 is 28.9 Å². The quantitative estimate of drug-likeness (QED) is 0.545. The van der Waals surface area contributed by atoms with Gasteiger partial charge in [0, 0.05) is 51.4 Å². The van der Waals surface area contributed by atoms with Crippen molar-refractivity contribution in [1.82, 2.24) is 24.8 Å². The van der Waals surface area contributed by atoms with E-state index in [1.807, 2.05) is 16.7 Å². The Labute approximate surface area is 194 Å². The summed E-state index contributed by atoms with van der Waals surface area (Å²) in [6.45, 7) is 5.61. The van der Waals surface area contributed by atoms with E-state index in [9.17, 15) is 18.8 Å². The van der Waals surface area contributed by atoms with E-state index in [2.05, 4.69) is 15.3 Å². The van der Waals surface area contributed by atoms with Crippen molar-refractivity contribution in [3.63, 3.8) is 0 Å². The van der Waals surface area contributed by atoms with Crippen LogP contribution in [0.4, 0.5) is 14.5 Å². The molecule has 3 heterocycles. The van der Waals surface area contributed by atoms with Crippen molar-refractivity contribution in [2.45, 2.75) is 33.0 Å². The minimum atomic E-state index is -0.719. The summed E-state index contributed by atoms with van der Waals surface area (Å²) < 4.78 is 30.8. The summed E-state index contributed by atoms with van der Waals surface area (Å²) in [5.74, 6) is -1.80. The van der Waals surface area contributed by atoms with Crippen LogP contribution in [-0.4, -0.2) is 58.1 Å². The Hall–Kier alpha value is -3.60. The topological polar surface area (TPSA) is 103 Å². The van der Waals surface area contributed by atoms with Crippen LogP contribution >= 0.6 is 0 Å². The molecule has 0 aliphatic carbocycles. The smallest absolute Gasteiger partial charge is 0.328 e. The van der Waals surface area contributed by atoms with Crippen molar-refractivity contribution < 1.29 is 13.6 Å². The lowest BCUT2D eigenvalue weighted by Gasteiger charge is -2.41. The number of benzene rings is 1. The van der Waals surface area contributed by atoms with Gasteiger partial charge < -0.3 is 15.2 Å². The molecule has 1 saturated heterocycles. The van der Waals surface area contributed by atoms with E-state index in [4.69, 9.17) is 0 Å². The highest BCUT2D eigenvalue weighted by molar-refractivity contribution is 5.92. The zero-order valence-corrected chi connectivity index (χ0v) is 19.2. The van der Waals surface area contributed by atoms with Crippen molar-refractivity contribution in [3.05, 3.63) is 68.1 Å². The van der Waals surface area contributed by atoms with Gasteiger partial charge in [0.25, 0.3) is 11.5 Å². The number of carbonyl (C=O) groups is 1. The number of halogens is 2. The Morgan fingerprint density at radius 2 is 1.97 bits per heavy atom. The van der Waals surface area contributed by atoms with Gasteiger partial charge in [-0.2, -0.15) is 4.39 Å². The molecule has 0 spiro atoms. The number of hydrogen-bond donors (Lipinski definition) is 2. The lowest BCUT2D eigenvalue weighted by Crippen LogP contribution is -2.52. The van der Waals surface area contributed by atoms with Crippen molar-refractivity contribution in [3.8, 4) is 0 Å². The van der Waals surface area contributed by atoms with Crippen molar-refractivity contribution in [2.75, 3.05) is 31.6 Å². The number of amides is 1.